The second-order valence-corrected chi connectivity index (χ2v) is 3.43. The summed E-state index contributed by atoms with van der Waals surface area (Å²) in [5.41, 5.74) is 0.276. The number of para-hydroxylation sites is 2. The molecule has 0 fully saturated rings. The fourth-order valence-electron chi connectivity index (χ4n) is 1.36. The van der Waals surface area contributed by atoms with Crippen LogP contribution in [0.5, 0.6) is 5.75 Å². The quantitative estimate of drug-likeness (QED) is 0.506. The molecule has 0 unspecified atom stereocenters. The maximum atomic E-state index is 10.8. The maximum absolute atomic E-state index is 10.8. The highest BCUT2D eigenvalue weighted by molar-refractivity contribution is 5.57. The molecule has 0 aromatic heterocycles. The van der Waals surface area contributed by atoms with Gasteiger partial charge in [-0.05, 0) is 18.2 Å². The largest absolute Gasteiger partial charge is 0.506 e. The third-order valence-corrected chi connectivity index (χ3v) is 2.23. The second-order valence-electron chi connectivity index (χ2n) is 3.43. The molecule has 0 saturated carbocycles. The van der Waals surface area contributed by atoms with Gasteiger partial charge in [0.15, 0.2) is 5.69 Å². The number of phenols is 1. The van der Waals surface area contributed by atoms with Crippen LogP contribution >= 0.6 is 0 Å². The van der Waals surface area contributed by atoms with Crippen molar-refractivity contribution in [1.82, 2.24) is 0 Å². The highest BCUT2D eigenvalue weighted by atomic mass is 16.6. The number of azo groups is 1. The van der Waals surface area contributed by atoms with Crippen LogP contribution in [0.2, 0.25) is 0 Å². The first-order chi connectivity index (χ1) is 8.68. The predicted octanol–water partition coefficient (Wildman–Crippen LogP) is 3.72. The van der Waals surface area contributed by atoms with Crippen LogP contribution < -0.4 is 0 Å². The summed E-state index contributed by atoms with van der Waals surface area (Å²) in [5.74, 6) is -0.0279. The number of hydrogen-bond donors (Lipinski definition) is 1. The Morgan fingerprint density at radius 2 is 1.50 bits per heavy atom. The van der Waals surface area contributed by atoms with Gasteiger partial charge in [0, 0.05) is 6.07 Å². The molecule has 0 amide bonds. The Kier molecular flexibility index (Phi) is 3.29. The van der Waals surface area contributed by atoms with E-state index in [0.29, 0.717) is 0 Å². The highest BCUT2D eigenvalue weighted by Crippen LogP contribution is 2.31. The summed E-state index contributed by atoms with van der Waals surface area (Å²) in [6.07, 6.45) is 0. The van der Waals surface area contributed by atoms with Gasteiger partial charge in [0.1, 0.15) is 11.4 Å². The minimum absolute atomic E-state index is 0.0279. The number of nitro groups is 1. The van der Waals surface area contributed by atoms with Crippen molar-refractivity contribution >= 4 is 17.1 Å². The smallest absolute Gasteiger partial charge is 0.296 e. The summed E-state index contributed by atoms with van der Waals surface area (Å²) in [6.45, 7) is 0. The van der Waals surface area contributed by atoms with E-state index in [1.165, 1.54) is 18.2 Å². The number of rotatable bonds is 3. The van der Waals surface area contributed by atoms with Gasteiger partial charge < -0.3 is 5.11 Å². The summed E-state index contributed by atoms with van der Waals surface area (Å²) in [4.78, 5) is 10.2. The average molecular weight is 243 g/mol. The Hall–Kier alpha value is -2.76. The number of benzene rings is 2. The van der Waals surface area contributed by atoms with E-state index in [2.05, 4.69) is 10.2 Å². The molecular formula is C12H9N3O3. The molecule has 1 N–H and O–H groups in total. The third-order valence-electron chi connectivity index (χ3n) is 2.23. The van der Waals surface area contributed by atoms with Gasteiger partial charge in [-0.2, -0.15) is 0 Å². The van der Waals surface area contributed by atoms with E-state index in [4.69, 9.17) is 0 Å². The van der Waals surface area contributed by atoms with Crippen LogP contribution in [0.4, 0.5) is 17.1 Å². The monoisotopic (exact) mass is 243 g/mol. The molecule has 0 bridgehead atoms. The molecule has 6 heteroatoms. The Labute approximate surface area is 102 Å². The Morgan fingerprint density at radius 1 is 0.944 bits per heavy atom. The van der Waals surface area contributed by atoms with E-state index in [1.54, 1.807) is 30.3 Å². The molecule has 0 saturated heterocycles. The molecule has 0 aliphatic rings. The molecule has 90 valence electrons. The fraction of sp³-hybridized carbons (Fsp3) is 0. The molecule has 2 aromatic carbocycles. The minimum atomic E-state index is -0.529. The van der Waals surface area contributed by atoms with Gasteiger partial charge in [-0.25, -0.2) is 0 Å². The number of hydrogen-bond acceptors (Lipinski definition) is 5. The van der Waals surface area contributed by atoms with Crippen LogP contribution in [-0.2, 0) is 0 Å². The molecule has 18 heavy (non-hydrogen) atoms. The van der Waals surface area contributed by atoms with E-state index < -0.39 is 4.92 Å². The number of nitrogens with zero attached hydrogens (tertiary/aromatic N) is 3. The van der Waals surface area contributed by atoms with E-state index in [0.717, 1.165) is 0 Å². The van der Waals surface area contributed by atoms with Gasteiger partial charge in [0.25, 0.3) is 5.69 Å². The molecule has 2 aromatic rings. The van der Waals surface area contributed by atoms with Crippen molar-refractivity contribution in [2.75, 3.05) is 0 Å². The average Bonchev–Trinajstić information content (AvgIpc) is 2.38. The zero-order chi connectivity index (χ0) is 13.0. The second kappa shape index (κ2) is 5.05. The van der Waals surface area contributed by atoms with Crippen molar-refractivity contribution in [1.29, 1.82) is 0 Å². The standard InChI is InChI=1S/C12H9N3O3/c16-12-8-4-2-6-10(12)14-13-9-5-1-3-7-11(9)15(17)18/h1-8,16H. The van der Waals surface area contributed by atoms with Crippen molar-refractivity contribution < 1.29 is 10.0 Å². The zero-order valence-electron chi connectivity index (χ0n) is 9.22. The van der Waals surface area contributed by atoms with Crippen LogP contribution in [-0.4, -0.2) is 10.0 Å². The molecule has 0 spiro atoms. The lowest BCUT2D eigenvalue weighted by atomic mass is 10.3. The van der Waals surface area contributed by atoms with Gasteiger partial charge in [-0.3, -0.25) is 10.1 Å². The van der Waals surface area contributed by atoms with Gasteiger partial charge in [-0.1, -0.05) is 24.3 Å². The highest BCUT2D eigenvalue weighted by Gasteiger charge is 2.11. The SMILES string of the molecule is O=[N+]([O-])c1ccccc1N=Nc1ccccc1O. The summed E-state index contributed by atoms with van der Waals surface area (Å²) in [6, 6.07) is 12.4. The topological polar surface area (TPSA) is 88.1 Å². The summed E-state index contributed by atoms with van der Waals surface area (Å²) < 4.78 is 0. The van der Waals surface area contributed by atoms with E-state index in [9.17, 15) is 15.2 Å². The Balaban J connectivity index is 2.35. The Bertz CT molecular complexity index is 611. The van der Waals surface area contributed by atoms with Crippen molar-refractivity contribution in [3.05, 3.63) is 58.6 Å². The van der Waals surface area contributed by atoms with Gasteiger partial charge >= 0.3 is 0 Å². The number of phenolic OH excluding ortho intramolecular Hbond substituents is 1. The zero-order valence-corrected chi connectivity index (χ0v) is 9.22. The van der Waals surface area contributed by atoms with Gasteiger partial charge in [0.05, 0.1) is 4.92 Å². The maximum Gasteiger partial charge on any atom is 0.296 e. The van der Waals surface area contributed by atoms with Crippen LogP contribution in [0, 0.1) is 10.1 Å². The number of nitro benzene ring substituents is 1. The van der Waals surface area contributed by atoms with Crippen molar-refractivity contribution in [2.24, 2.45) is 10.2 Å². The lowest BCUT2D eigenvalue weighted by Crippen LogP contribution is -1.86. The van der Waals surface area contributed by atoms with E-state index in [-0.39, 0.29) is 22.8 Å². The third kappa shape index (κ3) is 2.49. The molecule has 0 atom stereocenters. The molecule has 2 rings (SSSR count). The number of aromatic hydroxyl groups is 1. The van der Waals surface area contributed by atoms with Crippen LogP contribution in [0.1, 0.15) is 0 Å². The van der Waals surface area contributed by atoms with E-state index in [1.807, 2.05) is 0 Å². The van der Waals surface area contributed by atoms with Crippen molar-refractivity contribution in [2.45, 2.75) is 0 Å². The lowest BCUT2D eigenvalue weighted by Gasteiger charge is -1.97. The summed E-state index contributed by atoms with van der Waals surface area (Å²) >= 11 is 0. The van der Waals surface area contributed by atoms with Crippen molar-refractivity contribution in [3.8, 4) is 5.75 Å². The normalized spacial score (nSPS) is 10.7. The molecule has 0 aliphatic heterocycles. The van der Waals surface area contributed by atoms with Crippen LogP contribution in [0.3, 0.4) is 0 Å². The fourth-order valence-corrected chi connectivity index (χ4v) is 1.36. The van der Waals surface area contributed by atoms with E-state index >= 15 is 0 Å². The van der Waals surface area contributed by atoms with Gasteiger partial charge in [0.2, 0.25) is 0 Å². The predicted molar refractivity (Wildman–Crippen MR) is 65.4 cm³/mol. The molecule has 0 aliphatic carbocycles. The van der Waals surface area contributed by atoms with Gasteiger partial charge in [-0.15, -0.1) is 10.2 Å². The minimum Gasteiger partial charge on any atom is -0.506 e. The lowest BCUT2D eigenvalue weighted by molar-refractivity contribution is -0.384. The Morgan fingerprint density at radius 3 is 2.17 bits per heavy atom. The summed E-state index contributed by atoms with van der Waals surface area (Å²) in [7, 11) is 0. The molecule has 0 radical (unpaired) electrons. The molecule has 6 nitrogen and oxygen atoms in total. The van der Waals surface area contributed by atoms with Crippen LogP contribution in [0.15, 0.2) is 58.8 Å². The van der Waals surface area contributed by atoms with Crippen LogP contribution in [0.25, 0.3) is 0 Å². The first kappa shape index (κ1) is 11.7. The molecular weight excluding hydrogens is 234 g/mol. The first-order valence-corrected chi connectivity index (χ1v) is 5.11. The first-order valence-electron chi connectivity index (χ1n) is 5.11. The van der Waals surface area contributed by atoms with Crippen molar-refractivity contribution in [3.63, 3.8) is 0 Å². The molecule has 0 heterocycles. The summed E-state index contributed by atoms with van der Waals surface area (Å²) in [5, 5.41) is 27.8.